The zero-order valence-electron chi connectivity index (χ0n) is 18.7. The van der Waals surface area contributed by atoms with Crippen molar-refractivity contribution in [2.45, 2.75) is 54.3 Å². The average Bonchev–Trinajstić information content (AvgIpc) is 3.47. The molecule has 6 heterocycles. The molecule has 0 amide bonds. The molecule has 1 spiro atoms. The highest BCUT2D eigenvalue weighted by Gasteiger charge is 2.44. The first-order valence-corrected chi connectivity index (χ1v) is 12.6. The number of aliphatic hydroxyl groups is 1. The largest absolute Gasteiger partial charge is 0.486 e. The lowest BCUT2D eigenvalue weighted by atomic mass is 9.75. The minimum atomic E-state index is -0.151. The van der Waals surface area contributed by atoms with Crippen molar-refractivity contribution in [3.05, 3.63) is 24.2 Å². The maximum atomic E-state index is 10.1. The number of aromatic nitrogens is 3. The van der Waals surface area contributed by atoms with Crippen molar-refractivity contribution in [2.75, 3.05) is 49.3 Å². The molecule has 10 heteroatoms. The molecule has 33 heavy (non-hydrogen) atoms. The Labute approximate surface area is 197 Å². The zero-order chi connectivity index (χ0) is 22.4. The van der Waals surface area contributed by atoms with Crippen LogP contribution in [0.1, 0.15) is 31.4 Å². The van der Waals surface area contributed by atoms with Gasteiger partial charge in [0.1, 0.15) is 17.3 Å². The Morgan fingerprint density at radius 2 is 2.06 bits per heavy atom. The molecule has 3 N–H and O–H groups in total. The normalized spacial score (nSPS) is 25.8. The van der Waals surface area contributed by atoms with Crippen LogP contribution in [-0.4, -0.2) is 71.6 Å². The van der Waals surface area contributed by atoms with Gasteiger partial charge in [0.15, 0.2) is 17.4 Å². The van der Waals surface area contributed by atoms with Crippen LogP contribution in [0.25, 0.3) is 0 Å². The van der Waals surface area contributed by atoms with Gasteiger partial charge in [-0.25, -0.2) is 15.0 Å². The van der Waals surface area contributed by atoms with Crippen molar-refractivity contribution in [3.63, 3.8) is 0 Å². The smallest absolute Gasteiger partial charge is 0.175 e. The number of aliphatic hydroxyl groups excluding tert-OH is 1. The molecule has 3 fully saturated rings. The van der Waals surface area contributed by atoms with Crippen LogP contribution in [0.2, 0.25) is 0 Å². The van der Waals surface area contributed by atoms with E-state index in [0.29, 0.717) is 24.9 Å². The number of nitrogens with two attached hydrogens (primary N) is 1. The number of fused-ring (bicyclic) bond motifs is 3. The number of piperidine rings is 1. The second-order valence-electron chi connectivity index (χ2n) is 9.47. The highest BCUT2D eigenvalue weighted by atomic mass is 32.2. The van der Waals surface area contributed by atoms with Gasteiger partial charge in [0, 0.05) is 37.3 Å². The van der Waals surface area contributed by atoms with Gasteiger partial charge in [0.2, 0.25) is 0 Å². The van der Waals surface area contributed by atoms with Crippen molar-refractivity contribution >= 4 is 23.4 Å². The van der Waals surface area contributed by atoms with Gasteiger partial charge in [-0.3, -0.25) is 0 Å². The van der Waals surface area contributed by atoms with Crippen LogP contribution in [0.5, 0.6) is 5.75 Å². The third-order valence-electron chi connectivity index (χ3n) is 7.62. The fourth-order valence-electron chi connectivity index (χ4n) is 5.59. The Morgan fingerprint density at radius 1 is 1.18 bits per heavy atom. The molecule has 176 valence electrons. The predicted molar refractivity (Wildman–Crippen MR) is 125 cm³/mol. The van der Waals surface area contributed by atoms with Gasteiger partial charge in [-0.2, -0.15) is 0 Å². The van der Waals surface area contributed by atoms with E-state index in [0.717, 1.165) is 72.8 Å². The van der Waals surface area contributed by atoms with E-state index in [1.54, 1.807) is 6.20 Å². The summed E-state index contributed by atoms with van der Waals surface area (Å²) in [5.41, 5.74) is 7.00. The van der Waals surface area contributed by atoms with Crippen molar-refractivity contribution in [2.24, 2.45) is 11.1 Å². The molecule has 2 atom stereocenters. The summed E-state index contributed by atoms with van der Waals surface area (Å²) < 4.78 is 11.8. The second kappa shape index (κ2) is 8.57. The number of anilines is 2. The van der Waals surface area contributed by atoms with Crippen LogP contribution in [0.3, 0.4) is 0 Å². The summed E-state index contributed by atoms with van der Waals surface area (Å²) >= 11 is 1.51. The molecule has 2 aromatic heterocycles. The van der Waals surface area contributed by atoms with Gasteiger partial charge in [0.25, 0.3) is 0 Å². The number of ether oxygens (including phenoxy) is 2. The molecule has 6 rings (SSSR count). The Kier molecular flexibility index (Phi) is 5.56. The summed E-state index contributed by atoms with van der Waals surface area (Å²) in [5, 5.41) is 10.8. The molecule has 1 unspecified atom stereocenters. The van der Waals surface area contributed by atoms with Gasteiger partial charge in [-0.15, -0.1) is 0 Å². The highest BCUT2D eigenvalue weighted by Crippen LogP contribution is 2.44. The summed E-state index contributed by atoms with van der Waals surface area (Å²) in [4.78, 5) is 19.6. The van der Waals surface area contributed by atoms with Crippen LogP contribution in [0.4, 0.5) is 11.6 Å². The molecule has 0 saturated carbocycles. The van der Waals surface area contributed by atoms with E-state index in [9.17, 15) is 5.11 Å². The number of hydrogen-bond acceptors (Lipinski definition) is 10. The molecule has 4 aliphatic heterocycles. The molecular formula is C23H30N6O3S. The SMILES string of the molecule is N[C@@H]1COCC12CCN(c1ncc(Sc3ccnc4c3OCC3CCCN43)nc1CO)CC2. The summed E-state index contributed by atoms with van der Waals surface area (Å²) in [5.74, 6) is 2.52. The van der Waals surface area contributed by atoms with E-state index in [1.165, 1.54) is 18.2 Å². The van der Waals surface area contributed by atoms with Gasteiger partial charge < -0.3 is 30.1 Å². The number of pyridine rings is 1. The Bertz CT molecular complexity index is 1030. The maximum Gasteiger partial charge on any atom is 0.175 e. The van der Waals surface area contributed by atoms with Crippen LogP contribution in [0.15, 0.2) is 28.4 Å². The van der Waals surface area contributed by atoms with E-state index in [1.807, 2.05) is 12.3 Å². The third kappa shape index (κ3) is 3.73. The van der Waals surface area contributed by atoms with E-state index >= 15 is 0 Å². The standard InChI is InChI=1S/C23H30N6O3S/c24-18-13-31-14-23(18)4-8-28(9-5-23)21-16(11-30)27-19(10-26-21)33-17-3-6-25-22-20(17)32-12-15-2-1-7-29(15)22/h3,6,10,15,18,30H,1-2,4-5,7-9,11-14,24H2/t15?,18-/m1/s1. The molecule has 3 saturated heterocycles. The van der Waals surface area contributed by atoms with Crippen LogP contribution in [-0.2, 0) is 11.3 Å². The molecule has 0 aromatic carbocycles. The van der Waals surface area contributed by atoms with Crippen molar-refractivity contribution < 1.29 is 14.6 Å². The van der Waals surface area contributed by atoms with Crippen molar-refractivity contribution in [3.8, 4) is 5.75 Å². The van der Waals surface area contributed by atoms with Gasteiger partial charge in [0.05, 0.1) is 37.0 Å². The lowest BCUT2D eigenvalue weighted by Gasteiger charge is -2.41. The van der Waals surface area contributed by atoms with Gasteiger partial charge >= 0.3 is 0 Å². The first-order chi connectivity index (χ1) is 16.2. The maximum absolute atomic E-state index is 10.1. The highest BCUT2D eigenvalue weighted by molar-refractivity contribution is 7.99. The van der Waals surface area contributed by atoms with E-state index in [4.69, 9.17) is 25.2 Å². The zero-order valence-corrected chi connectivity index (χ0v) is 19.5. The minimum Gasteiger partial charge on any atom is -0.486 e. The summed E-state index contributed by atoms with van der Waals surface area (Å²) in [6.45, 7) is 4.65. The number of hydrogen-bond donors (Lipinski definition) is 2. The first-order valence-electron chi connectivity index (χ1n) is 11.8. The second-order valence-corrected chi connectivity index (χ2v) is 10.5. The van der Waals surface area contributed by atoms with Gasteiger partial charge in [-0.05, 0) is 31.7 Å². The quantitative estimate of drug-likeness (QED) is 0.687. The van der Waals surface area contributed by atoms with E-state index < -0.39 is 0 Å². The summed E-state index contributed by atoms with van der Waals surface area (Å²) in [7, 11) is 0. The van der Waals surface area contributed by atoms with Crippen LogP contribution >= 0.6 is 11.8 Å². The first kappa shape index (κ1) is 21.4. The van der Waals surface area contributed by atoms with E-state index in [2.05, 4.69) is 14.8 Å². The van der Waals surface area contributed by atoms with Crippen molar-refractivity contribution in [1.29, 1.82) is 0 Å². The van der Waals surface area contributed by atoms with E-state index in [-0.39, 0.29) is 18.1 Å². The Morgan fingerprint density at radius 3 is 2.85 bits per heavy atom. The molecular weight excluding hydrogens is 440 g/mol. The molecule has 2 aromatic rings. The monoisotopic (exact) mass is 470 g/mol. The Hall–Kier alpha value is -2.14. The number of rotatable bonds is 4. The summed E-state index contributed by atoms with van der Waals surface area (Å²) in [6, 6.07) is 2.50. The molecule has 0 radical (unpaired) electrons. The Balaban J connectivity index is 1.21. The molecule has 0 bridgehead atoms. The fourth-order valence-corrected chi connectivity index (χ4v) is 6.45. The van der Waals surface area contributed by atoms with Gasteiger partial charge in [-0.1, -0.05) is 11.8 Å². The fraction of sp³-hybridized carbons (Fsp3) is 0.609. The number of nitrogens with zero attached hydrogens (tertiary/aromatic N) is 5. The van der Waals surface area contributed by atoms with Crippen molar-refractivity contribution in [1.82, 2.24) is 15.0 Å². The predicted octanol–water partition coefficient (Wildman–Crippen LogP) is 1.82. The minimum absolute atomic E-state index is 0.0773. The topological polar surface area (TPSA) is 110 Å². The molecule has 9 nitrogen and oxygen atoms in total. The lowest BCUT2D eigenvalue weighted by Crippen LogP contribution is -2.49. The lowest BCUT2D eigenvalue weighted by molar-refractivity contribution is 0.131. The summed E-state index contributed by atoms with van der Waals surface area (Å²) in [6.07, 6.45) is 7.89. The molecule has 0 aliphatic carbocycles. The third-order valence-corrected chi connectivity index (χ3v) is 8.56. The average molecular weight is 471 g/mol. The van der Waals surface area contributed by atoms with Crippen LogP contribution < -0.4 is 20.3 Å². The van der Waals surface area contributed by atoms with Crippen LogP contribution in [0, 0.1) is 5.41 Å². The molecule has 4 aliphatic rings.